The van der Waals surface area contributed by atoms with Crippen molar-refractivity contribution in [3.63, 3.8) is 0 Å². The zero-order valence-corrected chi connectivity index (χ0v) is 18.4. The number of aryl methyl sites for hydroxylation is 1. The van der Waals surface area contributed by atoms with Crippen LogP contribution in [0.15, 0.2) is 36.5 Å². The predicted molar refractivity (Wildman–Crippen MR) is 118 cm³/mol. The minimum absolute atomic E-state index is 0.0439. The molecular formula is C24H29N5O3. The van der Waals surface area contributed by atoms with Gasteiger partial charge in [-0.15, -0.1) is 0 Å². The van der Waals surface area contributed by atoms with Crippen LogP contribution in [0.1, 0.15) is 41.4 Å². The molecule has 1 saturated carbocycles. The van der Waals surface area contributed by atoms with Crippen LogP contribution in [0.3, 0.4) is 0 Å². The molecule has 168 valence electrons. The molecule has 2 aliphatic heterocycles. The summed E-state index contributed by atoms with van der Waals surface area (Å²) < 4.78 is 1.65. The van der Waals surface area contributed by atoms with Crippen LogP contribution in [0.4, 0.5) is 0 Å². The number of amides is 3. The van der Waals surface area contributed by atoms with Crippen LogP contribution in [0.25, 0.3) is 0 Å². The summed E-state index contributed by atoms with van der Waals surface area (Å²) in [6, 6.07) is 9.92. The molecule has 8 heteroatoms. The molecule has 1 saturated heterocycles. The van der Waals surface area contributed by atoms with Gasteiger partial charge in [-0.1, -0.05) is 24.3 Å². The maximum absolute atomic E-state index is 13.3. The molecule has 3 atom stereocenters. The number of carbonyl (C=O) groups is 3. The fourth-order valence-electron chi connectivity index (χ4n) is 5.50. The van der Waals surface area contributed by atoms with Crippen LogP contribution in [0.2, 0.25) is 0 Å². The van der Waals surface area contributed by atoms with E-state index in [1.54, 1.807) is 21.8 Å². The Hall–Kier alpha value is -3.16. The number of nitrogens with one attached hydrogen (secondary N) is 1. The first kappa shape index (κ1) is 20.7. The van der Waals surface area contributed by atoms with Crippen molar-refractivity contribution in [2.24, 2.45) is 11.8 Å². The first-order valence-corrected chi connectivity index (χ1v) is 11.5. The van der Waals surface area contributed by atoms with Crippen molar-refractivity contribution in [1.82, 2.24) is 24.9 Å². The SMILES string of the molecule is CCn1nccc1C(=O)N1CC(=O)N[C@@H]2C[C@@H](C(=O)N3CCc4ccccc4C3)C[C@@H]2C1. The van der Waals surface area contributed by atoms with Crippen LogP contribution in [-0.2, 0) is 29.1 Å². The number of hydrogen-bond donors (Lipinski definition) is 1. The molecule has 0 spiro atoms. The summed E-state index contributed by atoms with van der Waals surface area (Å²) in [4.78, 5) is 42.6. The van der Waals surface area contributed by atoms with E-state index in [1.807, 2.05) is 24.0 Å². The average Bonchev–Trinajstić information content (AvgIpc) is 3.41. The second-order valence-corrected chi connectivity index (χ2v) is 9.10. The highest BCUT2D eigenvalue weighted by atomic mass is 16.2. The molecule has 0 radical (unpaired) electrons. The maximum Gasteiger partial charge on any atom is 0.272 e. The van der Waals surface area contributed by atoms with Gasteiger partial charge in [0.1, 0.15) is 5.69 Å². The monoisotopic (exact) mass is 435 g/mol. The smallest absolute Gasteiger partial charge is 0.272 e. The van der Waals surface area contributed by atoms with Crippen molar-refractivity contribution in [1.29, 1.82) is 0 Å². The molecule has 3 heterocycles. The number of hydrogen-bond acceptors (Lipinski definition) is 4. The third kappa shape index (κ3) is 3.78. The fraction of sp³-hybridized carbons (Fsp3) is 0.500. The minimum atomic E-state index is -0.178. The summed E-state index contributed by atoms with van der Waals surface area (Å²) >= 11 is 0. The van der Waals surface area contributed by atoms with Crippen molar-refractivity contribution in [2.75, 3.05) is 19.6 Å². The molecule has 3 aliphatic rings. The highest BCUT2D eigenvalue weighted by Gasteiger charge is 2.43. The third-order valence-electron chi connectivity index (χ3n) is 7.14. The Morgan fingerprint density at radius 2 is 1.91 bits per heavy atom. The van der Waals surface area contributed by atoms with Crippen molar-refractivity contribution in [2.45, 2.75) is 45.3 Å². The minimum Gasteiger partial charge on any atom is -0.351 e. The van der Waals surface area contributed by atoms with E-state index in [-0.39, 0.29) is 42.1 Å². The summed E-state index contributed by atoms with van der Waals surface area (Å²) in [6.45, 7) is 4.43. The van der Waals surface area contributed by atoms with Gasteiger partial charge in [0.05, 0.1) is 6.54 Å². The Kier molecular flexibility index (Phi) is 5.45. The Balaban J connectivity index is 1.28. The lowest BCUT2D eigenvalue weighted by Crippen LogP contribution is -2.41. The Morgan fingerprint density at radius 1 is 1.09 bits per heavy atom. The van der Waals surface area contributed by atoms with Gasteiger partial charge in [0.15, 0.2) is 0 Å². The van der Waals surface area contributed by atoms with E-state index >= 15 is 0 Å². The summed E-state index contributed by atoms with van der Waals surface area (Å²) in [6.07, 6.45) is 3.82. The predicted octanol–water partition coefficient (Wildman–Crippen LogP) is 1.45. The Bertz CT molecular complexity index is 1050. The van der Waals surface area contributed by atoms with Crippen LogP contribution in [0, 0.1) is 11.8 Å². The largest absolute Gasteiger partial charge is 0.351 e. The van der Waals surface area contributed by atoms with Gasteiger partial charge in [0.25, 0.3) is 5.91 Å². The van der Waals surface area contributed by atoms with Gasteiger partial charge in [-0.2, -0.15) is 5.10 Å². The lowest BCUT2D eigenvalue weighted by atomic mass is 9.97. The molecule has 32 heavy (non-hydrogen) atoms. The van der Waals surface area contributed by atoms with Gasteiger partial charge in [-0.05, 0) is 49.3 Å². The van der Waals surface area contributed by atoms with Crippen molar-refractivity contribution < 1.29 is 14.4 Å². The van der Waals surface area contributed by atoms with E-state index in [9.17, 15) is 14.4 Å². The average molecular weight is 436 g/mol. The first-order valence-electron chi connectivity index (χ1n) is 11.5. The number of carbonyl (C=O) groups excluding carboxylic acids is 3. The third-order valence-corrected chi connectivity index (χ3v) is 7.14. The van der Waals surface area contributed by atoms with Crippen LogP contribution in [0.5, 0.6) is 0 Å². The molecule has 1 aromatic heterocycles. The van der Waals surface area contributed by atoms with E-state index in [0.29, 0.717) is 38.2 Å². The van der Waals surface area contributed by atoms with Gasteiger partial charge in [0, 0.05) is 44.3 Å². The molecule has 2 fully saturated rings. The second-order valence-electron chi connectivity index (χ2n) is 9.10. The molecule has 3 amide bonds. The van der Waals surface area contributed by atoms with Gasteiger partial charge < -0.3 is 15.1 Å². The summed E-state index contributed by atoms with van der Waals surface area (Å²) in [5, 5.41) is 7.26. The first-order chi connectivity index (χ1) is 15.5. The fourth-order valence-corrected chi connectivity index (χ4v) is 5.50. The maximum atomic E-state index is 13.3. The van der Waals surface area contributed by atoms with Gasteiger partial charge in [0.2, 0.25) is 11.8 Å². The van der Waals surface area contributed by atoms with E-state index in [4.69, 9.17) is 0 Å². The summed E-state index contributed by atoms with van der Waals surface area (Å²) in [5.41, 5.74) is 3.04. The zero-order chi connectivity index (χ0) is 22.2. The summed E-state index contributed by atoms with van der Waals surface area (Å²) in [5.74, 6) is -0.207. The number of rotatable bonds is 3. The molecule has 0 unspecified atom stereocenters. The zero-order valence-electron chi connectivity index (χ0n) is 18.4. The number of fused-ring (bicyclic) bond motifs is 2. The van der Waals surface area contributed by atoms with Crippen molar-refractivity contribution >= 4 is 17.7 Å². The molecule has 1 aromatic carbocycles. The van der Waals surface area contributed by atoms with Crippen LogP contribution >= 0.6 is 0 Å². The molecular weight excluding hydrogens is 406 g/mol. The second kappa shape index (κ2) is 8.41. The van der Waals surface area contributed by atoms with Crippen LogP contribution < -0.4 is 5.32 Å². The lowest BCUT2D eigenvalue weighted by Gasteiger charge is -2.31. The van der Waals surface area contributed by atoms with E-state index in [0.717, 1.165) is 13.0 Å². The standard InChI is InChI=1S/C24H29N5O3/c1-2-29-21(7-9-25-29)24(32)28-14-19-11-18(12-20(19)26-22(30)15-28)23(31)27-10-8-16-5-3-4-6-17(16)13-27/h3-7,9,18-20H,2,8,10-15H2,1H3,(H,26,30)/t18-,19+,20+/m0/s1. The van der Waals surface area contributed by atoms with Crippen molar-refractivity contribution in [3.05, 3.63) is 53.3 Å². The number of nitrogens with zero attached hydrogens (tertiary/aromatic N) is 4. The van der Waals surface area contributed by atoms with Gasteiger partial charge >= 0.3 is 0 Å². The highest BCUT2D eigenvalue weighted by Crippen LogP contribution is 2.35. The molecule has 1 aliphatic carbocycles. The van der Waals surface area contributed by atoms with Gasteiger partial charge in [-0.3, -0.25) is 19.1 Å². The lowest BCUT2D eigenvalue weighted by molar-refractivity contribution is -0.136. The summed E-state index contributed by atoms with van der Waals surface area (Å²) in [7, 11) is 0. The topological polar surface area (TPSA) is 87.5 Å². The molecule has 1 N–H and O–H groups in total. The Morgan fingerprint density at radius 3 is 2.72 bits per heavy atom. The molecule has 0 bridgehead atoms. The van der Waals surface area contributed by atoms with Gasteiger partial charge in [-0.25, -0.2) is 0 Å². The quantitative estimate of drug-likeness (QED) is 0.791. The van der Waals surface area contributed by atoms with Crippen LogP contribution in [-0.4, -0.2) is 63.0 Å². The number of aromatic nitrogens is 2. The molecule has 2 aromatic rings. The van der Waals surface area contributed by atoms with E-state index in [1.165, 1.54) is 11.1 Å². The molecule has 5 rings (SSSR count). The Labute approximate surface area is 187 Å². The highest BCUT2D eigenvalue weighted by molar-refractivity contribution is 5.95. The normalized spacial score (nSPS) is 25.0. The van der Waals surface area contributed by atoms with E-state index in [2.05, 4.69) is 22.5 Å². The van der Waals surface area contributed by atoms with E-state index < -0.39 is 0 Å². The number of benzene rings is 1. The van der Waals surface area contributed by atoms with Crippen molar-refractivity contribution in [3.8, 4) is 0 Å². The molecule has 8 nitrogen and oxygen atoms in total.